The minimum Gasteiger partial charge on any atom is -0.355 e. The molecule has 2 N–H and O–H groups in total. The van der Waals surface area contributed by atoms with E-state index < -0.39 is 0 Å². The van der Waals surface area contributed by atoms with Crippen LogP contribution < -0.4 is 10.6 Å². The molecule has 0 atom stereocenters. The Hall–Kier alpha value is -3.26. The number of carbonyl (C=O) groups is 2. The van der Waals surface area contributed by atoms with Crippen LogP contribution in [0.4, 0.5) is 20.9 Å². The molecule has 6 nitrogen and oxygen atoms in total. The Morgan fingerprint density at radius 1 is 1.22 bits per heavy atom. The van der Waals surface area contributed by atoms with Gasteiger partial charge in [-0.15, -0.1) is 11.3 Å². The van der Waals surface area contributed by atoms with Crippen molar-refractivity contribution >= 4 is 39.7 Å². The van der Waals surface area contributed by atoms with Gasteiger partial charge in [-0.05, 0) is 42.0 Å². The summed E-state index contributed by atoms with van der Waals surface area (Å²) in [7, 11) is 0. The highest BCUT2D eigenvalue weighted by Crippen LogP contribution is 2.27. The monoisotopic (exact) mass is 382 g/mol. The number of aromatic nitrogens is 1. The van der Waals surface area contributed by atoms with Crippen molar-refractivity contribution in [2.75, 3.05) is 17.2 Å². The predicted molar refractivity (Wildman–Crippen MR) is 102 cm³/mol. The van der Waals surface area contributed by atoms with E-state index in [2.05, 4.69) is 15.6 Å². The van der Waals surface area contributed by atoms with Crippen LogP contribution >= 0.6 is 11.3 Å². The summed E-state index contributed by atoms with van der Waals surface area (Å²) in [5.74, 6) is -0.797. The SMILES string of the molecule is O=C(CN1Cc2cc(Nc3cccc(F)c3)ccc2C1=O)Nc1nccs1. The highest BCUT2D eigenvalue weighted by Gasteiger charge is 2.29. The van der Waals surface area contributed by atoms with Crippen LogP contribution in [0.3, 0.4) is 0 Å². The Bertz CT molecular complexity index is 1010. The van der Waals surface area contributed by atoms with Gasteiger partial charge >= 0.3 is 0 Å². The van der Waals surface area contributed by atoms with E-state index in [4.69, 9.17) is 0 Å². The van der Waals surface area contributed by atoms with Crippen LogP contribution in [0, 0.1) is 5.82 Å². The van der Waals surface area contributed by atoms with Gasteiger partial charge in [-0.1, -0.05) is 6.07 Å². The average Bonchev–Trinajstić information content (AvgIpc) is 3.23. The van der Waals surface area contributed by atoms with E-state index in [1.807, 2.05) is 6.07 Å². The summed E-state index contributed by atoms with van der Waals surface area (Å²) >= 11 is 1.32. The second kappa shape index (κ2) is 7.16. The third kappa shape index (κ3) is 3.80. The van der Waals surface area contributed by atoms with Crippen molar-refractivity contribution < 1.29 is 14.0 Å². The number of halogens is 1. The van der Waals surface area contributed by atoms with Crippen molar-refractivity contribution in [3.05, 3.63) is 71.0 Å². The van der Waals surface area contributed by atoms with Gasteiger partial charge in [0.2, 0.25) is 5.91 Å². The first-order chi connectivity index (χ1) is 13.1. The number of anilines is 3. The van der Waals surface area contributed by atoms with Crippen molar-refractivity contribution in [2.24, 2.45) is 0 Å². The summed E-state index contributed by atoms with van der Waals surface area (Å²) in [5.41, 5.74) is 2.77. The molecule has 0 saturated heterocycles. The molecule has 0 radical (unpaired) electrons. The number of thiazole rings is 1. The predicted octanol–water partition coefficient (Wildman–Crippen LogP) is 3.62. The number of nitrogens with one attached hydrogen (secondary N) is 2. The van der Waals surface area contributed by atoms with E-state index in [1.165, 1.54) is 28.4 Å². The van der Waals surface area contributed by atoms with Crippen LogP contribution in [0.5, 0.6) is 0 Å². The lowest BCUT2D eigenvalue weighted by Gasteiger charge is -2.14. The first kappa shape index (κ1) is 17.2. The van der Waals surface area contributed by atoms with E-state index in [0.717, 1.165) is 11.3 Å². The lowest BCUT2D eigenvalue weighted by molar-refractivity contribution is -0.116. The zero-order valence-electron chi connectivity index (χ0n) is 14.1. The Kier molecular flexibility index (Phi) is 4.55. The first-order valence-electron chi connectivity index (χ1n) is 8.22. The van der Waals surface area contributed by atoms with E-state index >= 15 is 0 Å². The molecule has 2 heterocycles. The molecule has 8 heteroatoms. The maximum absolute atomic E-state index is 13.3. The summed E-state index contributed by atoms with van der Waals surface area (Å²) in [5, 5.41) is 8.06. The molecule has 0 spiro atoms. The molecule has 0 fully saturated rings. The first-order valence-corrected chi connectivity index (χ1v) is 9.10. The molecule has 4 rings (SSSR count). The van der Waals surface area contributed by atoms with E-state index in [1.54, 1.807) is 35.8 Å². The molecule has 1 aliphatic heterocycles. The number of rotatable bonds is 5. The van der Waals surface area contributed by atoms with Crippen molar-refractivity contribution in [2.45, 2.75) is 6.54 Å². The molecule has 1 aromatic heterocycles. The van der Waals surface area contributed by atoms with Crippen LogP contribution in [-0.2, 0) is 11.3 Å². The Morgan fingerprint density at radius 3 is 2.85 bits per heavy atom. The lowest BCUT2D eigenvalue weighted by atomic mass is 10.1. The number of nitrogens with zero attached hydrogens (tertiary/aromatic N) is 2. The molecule has 1 aliphatic rings. The van der Waals surface area contributed by atoms with Crippen molar-refractivity contribution in [3.8, 4) is 0 Å². The minimum atomic E-state index is -0.325. The zero-order chi connectivity index (χ0) is 18.8. The third-order valence-corrected chi connectivity index (χ3v) is 4.80. The van der Waals surface area contributed by atoms with Crippen LogP contribution in [0.1, 0.15) is 15.9 Å². The van der Waals surface area contributed by atoms with Crippen LogP contribution in [0.15, 0.2) is 54.0 Å². The van der Waals surface area contributed by atoms with Gasteiger partial charge in [-0.2, -0.15) is 0 Å². The fraction of sp³-hybridized carbons (Fsp3) is 0.105. The molecule has 2 aromatic carbocycles. The highest BCUT2D eigenvalue weighted by atomic mass is 32.1. The van der Waals surface area contributed by atoms with Gasteiger partial charge in [0.15, 0.2) is 5.13 Å². The highest BCUT2D eigenvalue weighted by molar-refractivity contribution is 7.13. The third-order valence-electron chi connectivity index (χ3n) is 4.11. The van der Waals surface area contributed by atoms with E-state index in [9.17, 15) is 14.0 Å². The van der Waals surface area contributed by atoms with Crippen LogP contribution in [0.2, 0.25) is 0 Å². The van der Waals surface area contributed by atoms with Gasteiger partial charge in [0.25, 0.3) is 5.91 Å². The number of hydrogen-bond donors (Lipinski definition) is 2. The molecule has 0 bridgehead atoms. The fourth-order valence-electron chi connectivity index (χ4n) is 2.94. The van der Waals surface area contributed by atoms with Crippen molar-refractivity contribution in [1.82, 2.24) is 9.88 Å². The van der Waals surface area contributed by atoms with E-state index in [0.29, 0.717) is 22.9 Å². The maximum atomic E-state index is 13.3. The fourth-order valence-corrected chi connectivity index (χ4v) is 3.48. The molecule has 0 unspecified atom stereocenters. The smallest absolute Gasteiger partial charge is 0.254 e. The summed E-state index contributed by atoms with van der Waals surface area (Å²) in [6.45, 7) is 0.303. The quantitative estimate of drug-likeness (QED) is 0.707. The van der Waals surface area contributed by atoms with Gasteiger partial charge in [-0.3, -0.25) is 9.59 Å². The summed E-state index contributed by atoms with van der Waals surface area (Å²) in [6, 6.07) is 11.5. The van der Waals surface area contributed by atoms with Crippen molar-refractivity contribution in [1.29, 1.82) is 0 Å². The van der Waals surface area contributed by atoms with Crippen LogP contribution in [-0.4, -0.2) is 28.2 Å². The second-order valence-electron chi connectivity index (χ2n) is 6.05. The van der Waals surface area contributed by atoms with Crippen molar-refractivity contribution in [3.63, 3.8) is 0 Å². The van der Waals surface area contributed by atoms with Gasteiger partial charge in [0.05, 0.1) is 0 Å². The average molecular weight is 382 g/mol. The number of amides is 2. The Labute approximate surface area is 158 Å². The normalized spacial score (nSPS) is 12.8. The van der Waals surface area contributed by atoms with Gasteiger partial charge in [-0.25, -0.2) is 9.37 Å². The van der Waals surface area contributed by atoms with Crippen LogP contribution in [0.25, 0.3) is 0 Å². The Balaban J connectivity index is 1.44. The lowest BCUT2D eigenvalue weighted by Crippen LogP contribution is -2.33. The standard InChI is InChI=1S/C19H15FN4O2S/c20-13-2-1-3-14(9-13)22-15-4-5-16-12(8-15)10-24(18(16)26)11-17(25)23-19-21-6-7-27-19/h1-9,22H,10-11H2,(H,21,23,25). The maximum Gasteiger partial charge on any atom is 0.254 e. The number of benzene rings is 2. The summed E-state index contributed by atoms with van der Waals surface area (Å²) in [6.07, 6.45) is 1.60. The topological polar surface area (TPSA) is 74.3 Å². The van der Waals surface area contributed by atoms with Gasteiger partial charge < -0.3 is 15.5 Å². The molecule has 3 aromatic rings. The minimum absolute atomic E-state index is 0.0419. The molecular weight excluding hydrogens is 367 g/mol. The number of fused-ring (bicyclic) bond motifs is 1. The number of hydrogen-bond acceptors (Lipinski definition) is 5. The second-order valence-corrected chi connectivity index (χ2v) is 6.95. The summed E-state index contributed by atoms with van der Waals surface area (Å²) in [4.78, 5) is 30.1. The van der Waals surface area contributed by atoms with Gasteiger partial charge in [0, 0.05) is 35.1 Å². The Morgan fingerprint density at radius 2 is 2.07 bits per heavy atom. The molecule has 27 heavy (non-hydrogen) atoms. The molecule has 136 valence electrons. The zero-order valence-corrected chi connectivity index (χ0v) is 14.9. The largest absolute Gasteiger partial charge is 0.355 e. The number of carbonyl (C=O) groups excluding carboxylic acids is 2. The molecule has 0 aliphatic carbocycles. The molecule has 0 saturated carbocycles. The summed E-state index contributed by atoms with van der Waals surface area (Å²) < 4.78 is 13.3. The van der Waals surface area contributed by atoms with E-state index in [-0.39, 0.29) is 24.2 Å². The molecule has 2 amide bonds. The van der Waals surface area contributed by atoms with Gasteiger partial charge in [0.1, 0.15) is 12.4 Å². The molecular formula is C19H15FN4O2S.